The number of fused-ring (bicyclic) bond motifs is 3. The zero-order valence-electron chi connectivity index (χ0n) is 10.4. The number of halogens is 3. The summed E-state index contributed by atoms with van der Waals surface area (Å²) in [5.74, 6) is -2.23. The van der Waals surface area contributed by atoms with Gasteiger partial charge in [-0.05, 0) is 34.9 Å². The Bertz CT molecular complexity index is 883. The van der Waals surface area contributed by atoms with Gasteiger partial charge in [0.2, 0.25) is 0 Å². The van der Waals surface area contributed by atoms with Gasteiger partial charge in [-0.15, -0.1) is 0 Å². The molecule has 100 valence electrons. The Morgan fingerprint density at radius 1 is 0.810 bits per heavy atom. The SMILES string of the molecule is N#CC(C#N)=C1c2cc(F)ccc2-c2c(F)cc(F)cc21. The van der Waals surface area contributed by atoms with E-state index in [1.807, 2.05) is 0 Å². The van der Waals surface area contributed by atoms with Crippen LogP contribution < -0.4 is 0 Å². The molecule has 0 aliphatic heterocycles. The zero-order chi connectivity index (χ0) is 15.1. The standard InChI is InChI=1S/C16H5F3N2/c17-9-1-2-11-12(3-9)15(8(6-20)7-21)13-4-10(18)5-14(19)16(11)13/h1-5H. The first-order valence-corrected chi connectivity index (χ1v) is 5.91. The highest BCUT2D eigenvalue weighted by Crippen LogP contribution is 2.47. The Morgan fingerprint density at radius 3 is 2.14 bits per heavy atom. The van der Waals surface area contributed by atoms with Crippen LogP contribution in [0.3, 0.4) is 0 Å². The van der Waals surface area contributed by atoms with Gasteiger partial charge in [0, 0.05) is 17.2 Å². The van der Waals surface area contributed by atoms with Gasteiger partial charge in [0.15, 0.2) is 0 Å². The molecule has 1 aliphatic carbocycles. The second-order valence-electron chi connectivity index (χ2n) is 4.47. The highest BCUT2D eigenvalue weighted by molar-refractivity contribution is 6.04. The first-order valence-electron chi connectivity index (χ1n) is 5.91. The Kier molecular flexibility index (Phi) is 2.78. The molecule has 2 aromatic rings. The first-order chi connectivity index (χ1) is 10.1. The van der Waals surface area contributed by atoms with Gasteiger partial charge in [-0.1, -0.05) is 6.07 Å². The van der Waals surface area contributed by atoms with Gasteiger partial charge in [-0.25, -0.2) is 13.2 Å². The van der Waals surface area contributed by atoms with Crippen molar-refractivity contribution in [3.63, 3.8) is 0 Å². The van der Waals surface area contributed by atoms with Crippen molar-refractivity contribution in [1.29, 1.82) is 10.5 Å². The molecule has 0 radical (unpaired) electrons. The van der Waals surface area contributed by atoms with Crippen molar-refractivity contribution in [2.45, 2.75) is 0 Å². The van der Waals surface area contributed by atoms with E-state index < -0.39 is 17.5 Å². The molecule has 0 bridgehead atoms. The smallest absolute Gasteiger partial charge is 0.138 e. The van der Waals surface area contributed by atoms with Crippen molar-refractivity contribution in [3.8, 4) is 23.3 Å². The minimum absolute atomic E-state index is 0.0582. The summed E-state index contributed by atoms with van der Waals surface area (Å²) < 4.78 is 41.0. The average molecular weight is 282 g/mol. The van der Waals surface area contributed by atoms with Crippen LogP contribution in [0.5, 0.6) is 0 Å². The van der Waals surface area contributed by atoms with Crippen LogP contribution in [0, 0.1) is 40.1 Å². The number of rotatable bonds is 0. The molecule has 0 saturated heterocycles. The number of hydrogen-bond donors (Lipinski definition) is 0. The average Bonchev–Trinajstić information content (AvgIpc) is 2.74. The van der Waals surface area contributed by atoms with Crippen molar-refractivity contribution in [3.05, 3.63) is 64.5 Å². The van der Waals surface area contributed by atoms with Crippen LogP contribution in [0.25, 0.3) is 16.7 Å². The fourth-order valence-corrected chi connectivity index (χ4v) is 2.54. The lowest BCUT2D eigenvalue weighted by Crippen LogP contribution is -1.90. The second kappa shape index (κ2) is 4.50. The monoisotopic (exact) mass is 282 g/mol. The number of nitrogens with zero attached hydrogens (tertiary/aromatic N) is 2. The Balaban J connectivity index is 2.52. The molecular weight excluding hydrogens is 277 g/mol. The molecule has 1 aliphatic rings. The van der Waals surface area contributed by atoms with Crippen molar-refractivity contribution >= 4 is 5.57 Å². The minimum Gasteiger partial charge on any atom is -0.207 e. The van der Waals surface area contributed by atoms with Gasteiger partial charge >= 0.3 is 0 Å². The van der Waals surface area contributed by atoms with E-state index in [1.165, 1.54) is 6.07 Å². The molecule has 0 aromatic heterocycles. The van der Waals surface area contributed by atoms with E-state index in [9.17, 15) is 13.2 Å². The maximum absolute atomic E-state index is 14.1. The summed E-state index contributed by atoms with van der Waals surface area (Å²) in [4.78, 5) is 0. The molecular formula is C16H5F3N2. The van der Waals surface area contributed by atoms with Crippen LogP contribution in [0.15, 0.2) is 35.9 Å². The number of allylic oxidation sites excluding steroid dienone is 1. The van der Waals surface area contributed by atoms with E-state index >= 15 is 0 Å². The van der Waals surface area contributed by atoms with Crippen molar-refractivity contribution < 1.29 is 13.2 Å². The first kappa shape index (κ1) is 13.0. The molecule has 3 rings (SSSR count). The van der Waals surface area contributed by atoms with Gasteiger partial charge in [-0.3, -0.25) is 0 Å². The molecule has 0 fully saturated rings. The Labute approximate surface area is 118 Å². The normalized spacial score (nSPS) is 11.4. The molecule has 0 spiro atoms. The topological polar surface area (TPSA) is 47.6 Å². The summed E-state index contributed by atoms with van der Waals surface area (Å²) in [6, 6.07) is 8.73. The third-order valence-electron chi connectivity index (χ3n) is 3.32. The number of nitriles is 2. The van der Waals surface area contributed by atoms with Crippen LogP contribution >= 0.6 is 0 Å². The lowest BCUT2D eigenvalue weighted by molar-refractivity contribution is 0.585. The highest BCUT2D eigenvalue weighted by atomic mass is 19.1. The molecule has 5 heteroatoms. The fourth-order valence-electron chi connectivity index (χ4n) is 2.54. The summed E-state index contributed by atoms with van der Waals surface area (Å²) in [7, 11) is 0. The molecule has 0 atom stereocenters. The third-order valence-corrected chi connectivity index (χ3v) is 3.32. The van der Waals surface area contributed by atoms with E-state index in [0.29, 0.717) is 11.6 Å². The molecule has 0 saturated carbocycles. The van der Waals surface area contributed by atoms with E-state index in [2.05, 4.69) is 0 Å². The molecule has 0 amide bonds. The van der Waals surface area contributed by atoms with Crippen molar-refractivity contribution in [2.75, 3.05) is 0 Å². The van der Waals surface area contributed by atoms with Crippen molar-refractivity contribution in [2.24, 2.45) is 0 Å². The van der Waals surface area contributed by atoms with Crippen LogP contribution in [0.1, 0.15) is 11.1 Å². The second-order valence-corrected chi connectivity index (χ2v) is 4.47. The van der Waals surface area contributed by atoms with Crippen LogP contribution in [0.4, 0.5) is 13.2 Å². The summed E-state index contributed by atoms with van der Waals surface area (Å²) in [5, 5.41) is 18.1. The van der Waals surface area contributed by atoms with E-state index in [1.54, 1.807) is 12.1 Å². The van der Waals surface area contributed by atoms with Crippen molar-refractivity contribution in [1.82, 2.24) is 0 Å². The molecule has 2 nitrogen and oxygen atoms in total. The summed E-state index contributed by atoms with van der Waals surface area (Å²) >= 11 is 0. The van der Waals surface area contributed by atoms with E-state index in [0.717, 1.165) is 18.2 Å². The van der Waals surface area contributed by atoms with Crippen LogP contribution in [0.2, 0.25) is 0 Å². The van der Waals surface area contributed by atoms with Crippen LogP contribution in [-0.2, 0) is 0 Å². The molecule has 0 N–H and O–H groups in total. The predicted octanol–water partition coefficient (Wildman–Crippen LogP) is 3.93. The van der Waals surface area contributed by atoms with Gasteiger partial charge in [-0.2, -0.15) is 10.5 Å². The van der Waals surface area contributed by atoms with Gasteiger partial charge in [0.1, 0.15) is 35.2 Å². The zero-order valence-corrected chi connectivity index (χ0v) is 10.4. The Morgan fingerprint density at radius 2 is 1.48 bits per heavy atom. The summed E-state index contributed by atoms with van der Waals surface area (Å²) in [6.07, 6.45) is 0. The van der Waals surface area contributed by atoms with E-state index in [-0.39, 0.29) is 27.8 Å². The fraction of sp³-hybridized carbons (Fsp3) is 0. The maximum atomic E-state index is 14.1. The van der Waals surface area contributed by atoms with Gasteiger partial charge < -0.3 is 0 Å². The predicted molar refractivity (Wildman–Crippen MR) is 69.0 cm³/mol. The van der Waals surface area contributed by atoms with Crippen LogP contribution in [-0.4, -0.2) is 0 Å². The van der Waals surface area contributed by atoms with E-state index in [4.69, 9.17) is 10.5 Å². The Hall–Kier alpha value is -3.05. The molecule has 0 heterocycles. The summed E-state index contributed by atoms with van der Waals surface area (Å²) in [5.41, 5.74) is 0.457. The minimum atomic E-state index is -0.827. The quantitative estimate of drug-likeness (QED) is 0.586. The third kappa shape index (κ3) is 1.79. The molecule has 21 heavy (non-hydrogen) atoms. The largest absolute Gasteiger partial charge is 0.207 e. The number of hydrogen-bond acceptors (Lipinski definition) is 2. The molecule has 0 unspecified atom stereocenters. The lowest BCUT2D eigenvalue weighted by atomic mass is 9.99. The van der Waals surface area contributed by atoms with Gasteiger partial charge in [0.25, 0.3) is 0 Å². The molecule has 2 aromatic carbocycles. The lowest BCUT2D eigenvalue weighted by Gasteiger charge is -2.03. The van der Waals surface area contributed by atoms with Gasteiger partial charge in [0.05, 0.1) is 0 Å². The maximum Gasteiger partial charge on any atom is 0.138 e. The summed E-state index contributed by atoms with van der Waals surface area (Å²) in [6.45, 7) is 0. The highest BCUT2D eigenvalue weighted by Gasteiger charge is 2.30. The number of benzene rings is 2.